The molecule has 1 N–H and O–H groups in total. The molecule has 1 aromatic rings. The molecule has 0 radical (unpaired) electrons. The van der Waals surface area contributed by atoms with Gasteiger partial charge < -0.3 is 4.90 Å². The molecular formula is C12H16N2. The zero-order chi connectivity index (χ0) is 10.1. The van der Waals surface area contributed by atoms with Gasteiger partial charge in [-0.3, -0.25) is 5.41 Å². The van der Waals surface area contributed by atoms with Crippen LogP contribution in [0.15, 0.2) is 24.3 Å². The molecule has 0 atom stereocenters. The van der Waals surface area contributed by atoms with Crippen LogP contribution < -0.4 is 0 Å². The predicted octanol–water partition coefficient (Wildman–Crippen LogP) is 2.48. The van der Waals surface area contributed by atoms with Gasteiger partial charge in [-0.25, -0.2) is 0 Å². The Hall–Kier alpha value is -1.31. The van der Waals surface area contributed by atoms with E-state index >= 15 is 0 Å². The van der Waals surface area contributed by atoms with Crippen LogP contribution in [-0.2, 0) is 6.54 Å². The topological polar surface area (TPSA) is 27.1 Å². The van der Waals surface area contributed by atoms with E-state index in [9.17, 15) is 0 Å². The smallest absolute Gasteiger partial charge is 0.128 e. The second kappa shape index (κ2) is 3.45. The second-order valence-electron chi connectivity index (χ2n) is 4.28. The number of rotatable bonds is 2. The average molecular weight is 188 g/mol. The van der Waals surface area contributed by atoms with Gasteiger partial charge in [-0.1, -0.05) is 38.1 Å². The number of fused-ring (bicyclic) bond motifs is 1. The van der Waals surface area contributed by atoms with E-state index in [1.165, 1.54) is 5.56 Å². The zero-order valence-corrected chi connectivity index (χ0v) is 8.75. The van der Waals surface area contributed by atoms with Crippen LogP contribution in [0.2, 0.25) is 0 Å². The van der Waals surface area contributed by atoms with E-state index in [1.807, 2.05) is 18.2 Å². The summed E-state index contributed by atoms with van der Waals surface area (Å²) in [5.74, 6) is 1.30. The maximum Gasteiger partial charge on any atom is 0.128 e. The molecule has 1 heterocycles. The number of nitrogens with one attached hydrogen (secondary N) is 1. The maximum absolute atomic E-state index is 8.01. The van der Waals surface area contributed by atoms with Gasteiger partial charge in [0.15, 0.2) is 0 Å². The third-order valence-corrected chi connectivity index (χ3v) is 2.54. The van der Waals surface area contributed by atoms with Gasteiger partial charge in [0.05, 0.1) is 0 Å². The lowest BCUT2D eigenvalue weighted by atomic mass is 10.1. The SMILES string of the molecule is CC(C)CN1Cc2ccccc2C1=N. The molecule has 2 nitrogen and oxygen atoms in total. The van der Waals surface area contributed by atoms with Gasteiger partial charge in [-0.15, -0.1) is 0 Å². The van der Waals surface area contributed by atoms with E-state index in [1.54, 1.807) is 0 Å². The largest absolute Gasteiger partial charge is 0.352 e. The number of nitrogens with zero attached hydrogens (tertiary/aromatic N) is 1. The van der Waals surface area contributed by atoms with Crippen molar-refractivity contribution in [2.75, 3.05) is 6.54 Å². The minimum Gasteiger partial charge on any atom is -0.352 e. The van der Waals surface area contributed by atoms with Crippen molar-refractivity contribution in [2.45, 2.75) is 20.4 Å². The zero-order valence-electron chi connectivity index (χ0n) is 8.75. The summed E-state index contributed by atoms with van der Waals surface area (Å²) < 4.78 is 0. The lowest BCUT2D eigenvalue weighted by Crippen LogP contribution is -2.27. The minimum absolute atomic E-state index is 0.615. The van der Waals surface area contributed by atoms with Crippen molar-refractivity contribution in [2.24, 2.45) is 5.92 Å². The highest BCUT2D eigenvalue weighted by molar-refractivity contribution is 6.00. The van der Waals surface area contributed by atoms with E-state index < -0.39 is 0 Å². The summed E-state index contributed by atoms with van der Waals surface area (Å²) in [5.41, 5.74) is 2.39. The average Bonchev–Trinajstić information content (AvgIpc) is 2.44. The molecule has 0 saturated carbocycles. The molecular weight excluding hydrogens is 172 g/mol. The van der Waals surface area contributed by atoms with Crippen LogP contribution in [0.1, 0.15) is 25.0 Å². The molecule has 2 heteroatoms. The third kappa shape index (κ3) is 1.52. The monoisotopic (exact) mass is 188 g/mol. The lowest BCUT2D eigenvalue weighted by molar-refractivity contribution is 0.371. The summed E-state index contributed by atoms with van der Waals surface area (Å²) in [5, 5.41) is 8.01. The highest BCUT2D eigenvalue weighted by Gasteiger charge is 2.23. The highest BCUT2D eigenvalue weighted by atomic mass is 15.2. The Morgan fingerprint density at radius 2 is 2.07 bits per heavy atom. The van der Waals surface area contributed by atoms with E-state index in [0.29, 0.717) is 11.8 Å². The van der Waals surface area contributed by atoms with Crippen LogP contribution in [0.25, 0.3) is 0 Å². The fourth-order valence-corrected chi connectivity index (χ4v) is 1.94. The van der Waals surface area contributed by atoms with Gasteiger partial charge in [-0.2, -0.15) is 0 Å². The molecule has 14 heavy (non-hydrogen) atoms. The van der Waals surface area contributed by atoms with Gasteiger partial charge in [0.25, 0.3) is 0 Å². The lowest BCUT2D eigenvalue weighted by Gasteiger charge is -2.19. The Kier molecular flexibility index (Phi) is 2.28. The minimum atomic E-state index is 0.615. The molecule has 74 valence electrons. The fourth-order valence-electron chi connectivity index (χ4n) is 1.94. The molecule has 0 saturated heterocycles. The Morgan fingerprint density at radius 3 is 2.71 bits per heavy atom. The normalized spacial score (nSPS) is 15.1. The van der Waals surface area contributed by atoms with Gasteiger partial charge in [0.1, 0.15) is 5.84 Å². The molecule has 1 aliphatic rings. The van der Waals surface area contributed by atoms with Gasteiger partial charge in [0.2, 0.25) is 0 Å². The van der Waals surface area contributed by atoms with Crippen LogP contribution in [0, 0.1) is 11.3 Å². The van der Waals surface area contributed by atoms with E-state index in [0.717, 1.165) is 18.7 Å². The Labute approximate surface area is 85.1 Å². The van der Waals surface area contributed by atoms with Crippen molar-refractivity contribution in [1.82, 2.24) is 4.90 Å². The number of hydrogen-bond acceptors (Lipinski definition) is 1. The Morgan fingerprint density at radius 1 is 1.36 bits per heavy atom. The maximum atomic E-state index is 8.01. The summed E-state index contributed by atoms with van der Waals surface area (Å²) in [6.07, 6.45) is 0. The summed E-state index contributed by atoms with van der Waals surface area (Å²) in [6, 6.07) is 8.21. The molecule has 0 aliphatic carbocycles. The molecule has 0 amide bonds. The number of hydrogen-bond donors (Lipinski definition) is 1. The van der Waals surface area contributed by atoms with Gasteiger partial charge in [0, 0.05) is 18.7 Å². The van der Waals surface area contributed by atoms with Crippen LogP contribution in [-0.4, -0.2) is 17.3 Å². The highest BCUT2D eigenvalue weighted by Crippen LogP contribution is 2.22. The van der Waals surface area contributed by atoms with Crippen molar-refractivity contribution < 1.29 is 0 Å². The first-order valence-corrected chi connectivity index (χ1v) is 5.10. The molecule has 0 unspecified atom stereocenters. The Balaban J connectivity index is 2.21. The second-order valence-corrected chi connectivity index (χ2v) is 4.28. The molecule has 2 rings (SSSR count). The number of benzene rings is 1. The van der Waals surface area contributed by atoms with Crippen molar-refractivity contribution >= 4 is 5.84 Å². The van der Waals surface area contributed by atoms with Crippen LogP contribution in [0.4, 0.5) is 0 Å². The molecule has 1 aromatic carbocycles. The fraction of sp³-hybridized carbons (Fsp3) is 0.417. The molecule has 0 fully saturated rings. The van der Waals surface area contributed by atoms with Crippen molar-refractivity contribution in [3.8, 4) is 0 Å². The molecule has 0 spiro atoms. The van der Waals surface area contributed by atoms with Crippen LogP contribution in [0.3, 0.4) is 0 Å². The predicted molar refractivity (Wildman–Crippen MR) is 58.5 cm³/mol. The summed E-state index contributed by atoms with van der Waals surface area (Å²) in [7, 11) is 0. The van der Waals surface area contributed by atoms with E-state index in [4.69, 9.17) is 5.41 Å². The first-order chi connectivity index (χ1) is 6.68. The first-order valence-electron chi connectivity index (χ1n) is 5.10. The first kappa shape index (κ1) is 9.25. The van der Waals surface area contributed by atoms with Crippen LogP contribution in [0.5, 0.6) is 0 Å². The van der Waals surface area contributed by atoms with Crippen molar-refractivity contribution in [3.05, 3.63) is 35.4 Å². The summed E-state index contributed by atoms with van der Waals surface area (Å²) in [6.45, 7) is 6.27. The summed E-state index contributed by atoms with van der Waals surface area (Å²) >= 11 is 0. The Bertz CT molecular complexity index is 355. The third-order valence-electron chi connectivity index (χ3n) is 2.54. The summed E-state index contributed by atoms with van der Waals surface area (Å²) in [4.78, 5) is 2.15. The van der Waals surface area contributed by atoms with Crippen molar-refractivity contribution in [1.29, 1.82) is 5.41 Å². The van der Waals surface area contributed by atoms with E-state index in [2.05, 4.69) is 24.8 Å². The quantitative estimate of drug-likeness (QED) is 0.758. The molecule has 0 bridgehead atoms. The standard InChI is InChI=1S/C12H16N2/c1-9(2)7-14-8-10-5-3-4-6-11(10)12(14)13/h3-6,9,13H,7-8H2,1-2H3. The molecule has 0 aromatic heterocycles. The van der Waals surface area contributed by atoms with Crippen molar-refractivity contribution in [3.63, 3.8) is 0 Å². The number of amidine groups is 1. The van der Waals surface area contributed by atoms with Gasteiger partial charge in [-0.05, 0) is 11.5 Å². The van der Waals surface area contributed by atoms with E-state index in [-0.39, 0.29) is 0 Å². The molecule has 1 aliphatic heterocycles. The van der Waals surface area contributed by atoms with Crippen LogP contribution >= 0.6 is 0 Å². The van der Waals surface area contributed by atoms with Gasteiger partial charge >= 0.3 is 0 Å².